The molecular formula is C14H15NO2. The molecule has 0 aliphatic carbocycles. The van der Waals surface area contributed by atoms with E-state index in [1.165, 1.54) is 0 Å². The second-order valence-electron chi connectivity index (χ2n) is 4.26. The van der Waals surface area contributed by atoms with Crippen LogP contribution < -0.4 is 4.74 Å². The Morgan fingerprint density at radius 2 is 2.12 bits per heavy atom. The molecule has 0 radical (unpaired) electrons. The van der Waals surface area contributed by atoms with Gasteiger partial charge in [-0.1, -0.05) is 26.0 Å². The second kappa shape index (κ2) is 4.53. The van der Waals surface area contributed by atoms with Crippen molar-refractivity contribution in [2.45, 2.75) is 19.8 Å². The zero-order chi connectivity index (χ0) is 12.4. The van der Waals surface area contributed by atoms with Crippen molar-refractivity contribution in [3.05, 3.63) is 35.5 Å². The Morgan fingerprint density at radius 1 is 1.35 bits per heavy atom. The van der Waals surface area contributed by atoms with Crippen LogP contribution in [0.2, 0.25) is 0 Å². The number of carbonyl (C=O) groups excluding carboxylic acids is 1. The number of carbonyl (C=O) groups is 1. The monoisotopic (exact) mass is 229 g/mol. The smallest absolute Gasteiger partial charge is 0.151 e. The summed E-state index contributed by atoms with van der Waals surface area (Å²) in [5.74, 6) is 1.01. The number of hydrogen-bond donors (Lipinski definition) is 0. The molecule has 17 heavy (non-hydrogen) atoms. The van der Waals surface area contributed by atoms with Crippen LogP contribution in [-0.2, 0) is 0 Å². The van der Waals surface area contributed by atoms with Gasteiger partial charge in [0.2, 0.25) is 0 Å². The van der Waals surface area contributed by atoms with Crippen molar-refractivity contribution in [3.63, 3.8) is 0 Å². The lowest BCUT2D eigenvalue weighted by atomic mass is 9.94. The number of hydrogen-bond acceptors (Lipinski definition) is 3. The second-order valence-corrected chi connectivity index (χ2v) is 4.26. The lowest BCUT2D eigenvalue weighted by Crippen LogP contribution is -1.99. The Bertz CT molecular complexity index is 561. The van der Waals surface area contributed by atoms with Crippen molar-refractivity contribution < 1.29 is 9.53 Å². The predicted octanol–water partition coefficient (Wildman–Crippen LogP) is 3.18. The molecule has 0 aliphatic rings. The number of aldehydes is 1. The van der Waals surface area contributed by atoms with Gasteiger partial charge < -0.3 is 4.74 Å². The molecule has 0 saturated heterocycles. The molecule has 0 aliphatic heterocycles. The van der Waals surface area contributed by atoms with Crippen LogP contribution in [0.25, 0.3) is 10.9 Å². The molecule has 1 aromatic carbocycles. The van der Waals surface area contributed by atoms with Gasteiger partial charge in [0.1, 0.15) is 11.3 Å². The summed E-state index contributed by atoms with van der Waals surface area (Å²) < 4.78 is 5.28. The first-order valence-corrected chi connectivity index (χ1v) is 5.59. The van der Waals surface area contributed by atoms with Gasteiger partial charge in [-0.2, -0.15) is 0 Å². The number of aromatic nitrogens is 1. The average Bonchev–Trinajstić information content (AvgIpc) is 2.36. The zero-order valence-corrected chi connectivity index (χ0v) is 10.2. The molecule has 3 nitrogen and oxygen atoms in total. The van der Waals surface area contributed by atoms with Crippen LogP contribution in [0.1, 0.15) is 35.7 Å². The summed E-state index contributed by atoms with van der Waals surface area (Å²) in [5, 5.41) is 0.990. The van der Waals surface area contributed by atoms with Crippen molar-refractivity contribution >= 4 is 17.2 Å². The van der Waals surface area contributed by atoms with Gasteiger partial charge in [-0.3, -0.25) is 9.78 Å². The molecule has 1 aromatic heterocycles. The van der Waals surface area contributed by atoms with Crippen LogP contribution in [0.5, 0.6) is 5.75 Å². The molecule has 0 amide bonds. The SMILES string of the molecule is COc1cccc2c(C(C)C)c(C=O)cnc12. The number of methoxy groups -OCH3 is 1. The summed E-state index contributed by atoms with van der Waals surface area (Å²) in [6, 6.07) is 5.77. The summed E-state index contributed by atoms with van der Waals surface area (Å²) in [4.78, 5) is 15.4. The number of rotatable bonds is 3. The standard InChI is InChI=1S/C14H15NO2/c1-9(2)13-10(8-16)7-15-14-11(13)5-4-6-12(14)17-3/h4-9H,1-3H3. The number of ether oxygens (including phenoxy) is 1. The highest BCUT2D eigenvalue weighted by atomic mass is 16.5. The van der Waals surface area contributed by atoms with E-state index in [2.05, 4.69) is 18.8 Å². The lowest BCUT2D eigenvalue weighted by molar-refractivity contribution is 0.112. The van der Waals surface area contributed by atoms with E-state index in [4.69, 9.17) is 4.74 Å². The molecule has 0 saturated carbocycles. The highest BCUT2D eigenvalue weighted by Gasteiger charge is 2.13. The molecule has 88 valence electrons. The summed E-state index contributed by atoms with van der Waals surface area (Å²) in [6.45, 7) is 4.14. The maximum Gasteiger partial charge on any atom is 0.151 e. The maximum atomic E-state index is 11.1. The minimum absolute atomic E-state index is 0.271. The number of benzene rings is 1. The molecular weight excluding hydrogens is 214 g/mol. The van der Waals surface area contributed by atoms with Gasteiger partial charge in [-0.15, -0.1) is 0 Å². The Labute approximate surface area is 100 Å². The van der Waals surface area contributed by atoms with Gasteiger partial charge in [0.05, 0.1) is 7.11 Å². The third kappa shape index (κ3) is 1.88. The molecule has 0 bridgehead atoms. The molecule has 1 heterocycles. The predicted molar refractivity (Wildman–Crippen MR) is 67.8 cm³/mol. The first kappa shape index (κ1) is 11.6. The molecule has 2 rings (SSSR count). The summed E-state index contributed by atoms with van der Waals surface area (Å²) in [6.07, 6.45) is 2.48. The van der Waals surface area contributed by atoms with Gasteiger partial charge in [-0.05, 0) is 17.5 Å². The Morgan fingerprint density at radius 3 is 2.71 bits per heavy atom. The third-order valence-electron chi connectivity index (χ3n) is 2.86. The summed E-state index contributed by atoms with van der Waals surface area (Å²) in [7, 11) is 1.62. The van der Waals surface area contributed by atoms with Crippen molar-refractivity contribution in [1.82, 2.24) is 4.98 Å². The van der Waals surface area contributed by atoms with E-state index in [0.717, 1.165) is 28.5 Å². The lowest BCUT2D eigenvalue weighted by Gasteiger charge is -2.13. The fourth-order valence-corrected chi connectivity index (χ4v) is 2.13. The minimum Gasteiger partial charge on any atom is -0.494 e. The van der Waals surface area contributed by atoms with Crippen LogP contribution in [0.15, 0.2) is 24.4 Å². The Kier molecular flexibility index (Phi) is 3.09. The van der Waals surface area contributed by atoms with E-state index in [1.54, 1.807) is 13.3 Å². The van der Waals surface area contributed by atoms with Crippen molar-refractivity contribution in [3.8, 4) is 5.75 Å². The molecule has 0 spiro atoms. The van der Waals surface area contributed by atoms with Crippen LogP contribution in [0.4, 0.5) is 0 Å². The highest BCUT2D eigenvalue weighted by Crippen LogP contribution is 2.31. The average molecular weight is 229 g/mol. The van der Waals surface area contributed by atoms with Crippen molar-refractivity contribution in [2.75, 3.05) is 7.11 Å². The van der Waals surface area contributed by atoms with Crippen LogP contribution in [0.3, 0.4) is 0 Å². The summed E-state index contributed by atoms with van der Waals surface area (Å²) >= 11 is 0. The topological polar surface area (TPSA) is 39.2 Å². The van der Waals surface area contributed by atoms with Gasteiger partial charge in [-0.25, -0.2) is 0 Å². The number of fused-ring (bicyclic) bond motifs is 1. The fraction of sp³-hybridized carbons (Fsp3) is 0.286. The van der Waals surface area contributed by atoms with Crippen LogP contribution >= 0.6 is 0 Å². The molecule has 0 atom stereocenters. The van der Waals surface area contributed by atoms with Gasteiger partial charge >= 0.3 is 0 Å². The summed E-state index contributed by atoms with van der Waals surface area (Å²) in [5.41, 5.74) is 2.49. The quantitative estimate of drug-likeness (QED) is 0.759. The first-order valence-electron chi connectivity index (χ1n) is 5.59. The molecule has 2 aromatic rings. The van der Waals surface area contributed by atoms with E-state index in [1.807, 2.05) is 18.2 Å². The van der Waals surface area contributed by atoms with E-state index in [0.29, 0.717) is 5.56 Å². The third-order valence-corrected chi connectivity index (χ3v) is 2.86. The molecule has 0 fully saturated rings. The van der Waals surface area contributed by atoms with Gasteiger partial charge in [0, 0.05) is 17.1 Å². The highest BCUT2D eigenvalue weighted by molar-refractivity contribution is 5.93. The fourth-order valence-electron chi connectivity index (χ4n) is 2.13. The zero-order valence-electron chi connectivity index (χ0n) is 10.2. The molecule has 3 heteroatoms. The van der Waals surface area contributed by atoms with Crippen LogP contribution in [0, 0.1) is 0 Å². The Hall–Kier alpha value is -1.90. The largest absolute Gasteiger partial charge is 0.494 e. The van der Waals surface area contributed by atoms with E-state index in [9.17, 15) is 4.79 Å². The number of para-hydroxylation sites is 1. The number of nitrogens with zero attached hydrogens (tertiary/aromatic N) is 1. The van der Waals surface area contributed by atoms with Crippen molar-refractivity contribution in [1.29, 1.82) is 0 Å². The normalized spacial score (nSPS) is 10.8. The first-order chi connectivity index (χ1) is 8.19. The van der Waals surface area contributed by atoms with Crippen LogP contribution in [-0.4, -0.2) is 18.4 Å². The molecule has 0 N–H and O–H groups in total. The number of pyridine rings is 1. The molecule has 0 unspecified atom stereocenters. The van der Waals surface area contributed by atoms with Crippen molar-refractivity contribution in [2.24, 2.45) is 0 Å². The van der Waals surface area contributed by atoms with E-state index < -0.39 is 0 Å². The van der Waals surface area contributed by atoms with Gasteiger partial charge in [0.25, 0.3) is 0 Å². The van der Waals surface area contributed by atoms with E-state index in [-0.39, 0.29) is 5.92 Å². The maximum absolute atomic E-state index is 11.1. The minimum atomic E-state index is 0.271. The van der Waals surface area contributed by atoms with Gasteiger partial charge in [0.15, 0.2) is 6.29 Å². The Balaban J connectivity index is 2.86. The van der Waals surface area contributed by atoms with E-state index >= 15 is 0 Å².